The lowest BCUT2D eigenvalue weighted by Gasteiger charge is -2.32. The largest absolute Gasteiger partial charge is 0.471 e. The maximum Gasteiger partial charge on any atom is 0.471 e. The van der Waals surface area contributed by atoms with Gasteiger partial charge in [0.15, 0.2) is 0 Å². The predicted molar refractivity (Wildman–Crippen MR) is 124 cm³/mol. The summed E-state index contributed by atoms with van der Waals surface area (Å²) in [5, 5.41) is 19.2. The first kappa shape index (κ1) is 29.4. The third kappa shape index (κ3) is 8.10. The van der Waals surface area contributed by atoms with Crippen LogP contribution in [0.4, 0.5) is 13.2 Å². The number of hydrogen-bond donors (Lipinski definition) is 4. The van der Waals surface area contributed by atoms with Crippen LogP contribution in [0.2, 0.25) is 0 Å². The van der Waals surface area contributed by atoms with Crippen molar-refractivity contribution in [3.8, 4) is 6.07 Å². The van der Waals surface area contributed by atoms with Crippen molar-refractivity contribution in [2.24, 2.45) is 16.7 Å². The molecule has 1 saturated carbocycles. The molecule has 1 aliphatic heterocycles. The van der Waals surface area contributed by atoms with Crippen molar-refractivity contribution in [1.82, 2.24) is 21.3 Å². The second-order valence-corrected chi connectivity index (χ2v) is 12.0. The standard InChI is InChI=1S/C24H36F3N5O4/c1-21(2,3)16(31-20(36)24(25,26)27)19(35)30-15(11-23(6)7-8-23)18(34)29-14(12-28)9-13-10-22(4,5)32-17(13)33/h13-16H,7-11H2,1-6H3,(H,29,34)(H,30,35)(H,31,36)(H,32,33)/t13?,14?,15?,16-/m1/s1. The van der Waals surface area contributed by atoms with Crippen molar-refractivity contribution >= 4 is 23.6 Å². The SMILES string of the molecule is CC1(CC(NC(=O)[C@@H](NC(=O)C(F)(F)F)C(C)(C)C)C(=O)NC(C#N)CC2CC(C)(C)NC2=O)CC1. The van der Waals surface area contributed by atoms with E-state index in [9.17, 15) is 37.6 Å². The summed E-state index contributed by atoms with van der Waals surface area (Å²) in [6.45, 7) is 10.1. The highest BCUT2D eigenvalue weighted by Gasteiger charge is 2.46. The number of nitriles is 1. The van der Waals surface area contributed by atoms with Crippen molar-refractivity contribution in [1.29, 1.82) is 5.26 Å². The number of carbonyl (C=O) groups excluding carboxylic acids is 4. The summed E-state index contributed by atoms with van der Waals surface area (Å²) in [6, 6.07) is -1.73. The normalized spacial score (nSPS) is 22.9. The van der Waals surface area contributed by atoms with Gasteiger partial charge < -0.3 is 21.3 Å². The zero-order chi connectivity index (χ0) is 27.7. The van der Waals surface area contributed by atoms with E-state index in [-0.39, 0.29) is 24.2 Å². The Balaban J connectivity index is 2.16. The van der Waals surface area contributed by atoms with Gasteiger partial charge in [0.2, 0.25) is 17.7 Å². The molecule has 2 aliphatic rings. The third-order valence-electron chi connectivity index (χ3n) is 6.68. The zero-order valence-electron chi connectivity index (χ0n) is 21.6. The highest BCUT2D eigenvalue weighted by molar-refractivity contribution is 5.93. The maximum atomic E-state index is 13.1. The second-order valence-electron chi connectivity index (χ2n) is 12.0. The Morgan fingerprint density at radius 2 is 1.67 bits per heavy atom. The molecule has 36 heavy (non-hydrogen) atoms. The first-order valence-corrected chi connectivity index (χ1v) is 12.0. The van der Waals surface area contributed by atoms with Crippen LogP contribution in [0.15, 0.2) is 0 Å². The average molecular weight is 516 g/mol. The fourth-order valence-corrected chi connectivity index (χ4v) is 4.35. The van der Waals surface area contributed by atoms with E-state index in [1.807, 2.05) is 26.8 Å². The van der Waals surface area contributed by atoms with Gasteiger partial charge in [0.25, 0.3) is 0 Å². The topological polar surface area (TPSA) is 140 Å². The molecule has 9 nitrogen and oxygen atoms in total. The molecule has 202 valence electrons. The first-order chi connectivity index (χ1) is 16.3. The van der Waals surface area contributed by atoms with Gasteiger partial charge in [-0.05, 0) is 56.8 Å². The Hall–Kier alpha value is -2.84. The van der Waals surface area contributed by atoms with Crippen LogP contribution in [0.3, 0.4) is 0 Å². The van der Waals surface area contributed by atoms with Crippen LogP contribution in [0.1, 0.15) is 73.6 Å². The first-order valence-electron chi connectivity index (χ1n) is 12.0. The Morgan fingerprint density at radius 3 is 2.08 bits per heavy atom. The van der Waals surface area contributed by atoms with Crippen molar-refractivity contribution in [3.05, 3.63) is 0 Å². The fourth-order valence-electron chi connectivity index (χ4n) is 4.35. The molecular weight excluding hydrogens is 479 g/mol. The minimum atomic E-state index is -5.18. The van der Waals surface area contributed by atoms with Gasteiger partial charge in [0.05, 0.1) is 6.07 Å². The van der Waals surface area contributed by atoms with E-state index >= 15 is 0 Å². The molecule has 3 unspecified atom stereocenters. The lowest BCUT2D eigenvalue weighted by molar-refractivity contribution is -0.175. The summed E-state index contributed by atoms with van der Waals surface area (Å²) in [4.78, 5) is 49.9. The van der Waals surface area contributed by atoms with Crippen molar-refractivity contribution in [2.45, 2.75) is 103 Å². The van der Waals surface area contributed by atoms with Crippen LogP contribution in [0.25, 0.3) is 0 Å². The summed E-state index contributed by atoms with van der Waals surface area (Å²) in [5.74, 6) is -4.54. The lowest BCUT2D eigenvalue weighted by Crippen LogP contribution is -2.60. The number of hydrogen-bond acceptors (Lipinski definition) is 5. The number of rotatable bonds is 9. The van der Waals surface area contributed by atoms with E-state index in [1.54, 1.807) is 5.32 Å². The van der Waals surface area contributed by atoms with Gasteiger partial charge in [-0.2, -0.15) is 18.4 Å². The summed E-state index contributed by atoms with van der Waals surface area (Å²) >= 11 is 0. The van der Waals surface area contributed by atoms with Gasteiger partial charge in [0.1, 0.15) is 18.1 Å². The van der Waals surface area contributed by atoms with Gasteiger partial charge in [0, 0.05) is 11.5 Å². The smallest absolute Gasteiger partial charge is 0.351 e. The summed E-state index contributed by atoms with van der Waals surface area (Å²) < 4.78 is 38.5. The van der Waals surface area contributed by atoms with E-state index in [2.05, 4.69) is 16.0 Å². The molecule has 4 N–H and O–H groups in total. The van der Waals surface area contributed by atoms with Crippen LogP contribution >= 0.6 is 0 Å². The molecule has 0 radical (unpaired) electrons. The van der Waals surface area contributed by atoms with Gasteiger partial charge in [-0.1, -0.05) is 27.7 Å². The van der Waals surface area contributed by atoms with Crippen LogP contribution in [-0.2, 0) is 19.2 Å². The number of amides is 4. The molecule has 1 heterocycles. The van der Waals surface area contributed by atoms with Crippen molar-refractivity contribution < 1.29 is 32.3 Å². The second kappa shape index (κ2) is 10.3. The van der Waals surface area contributed by atoms with Gasteiger partial charge in [-0.15, -0.1) is 0 Å². The number of carbonyl (C=O) groups is 4. The quantitative estimate of drug-likeness (QED) is 0.372. The average Bonchev–Trinajstić information content (AvgIpc) is 3.37. The molecule has 2 rings (SSSR count). The van der Waals surface area contributed by atoms with E-state index in [4.69, 9.17) is 0 Å². The van der Waals surface area contributed by atoms with Crippen LogP contribution < -0.4 is 21.3 Å². The zero-order valence-corrected chi connectivity index (χ0v) is 21.6. The number of nitrogens with one attached hydrogen (secondary N) is 4. The van der Waals surface area contributed by atoms with Gasteiger partial charge in [-0.3, -0.25) is 19.2 Å². The minimum Gasteiger partial charge on any atom is -0.351 e. The Morgan fingerprint density at radius 1 is 1.08 bits per heavy atom. The van der Waals surface area contributed by atoms with Crippen molar-refractivity contribution in [3.63, 3.8) is 0 Å². The minimum absolute atomic E-state index is 0.0850. The molecule has 4 amide bonds. The van der Waals surface area contributed by atoms with Crippen LogP contribution in [-0.4, -0.2) is 53.5 Å². The molecule has 12 heteroatoms. The van der Waals surface area contributed by atoms with Crippen LogP contribution in [0, 0.1) is 28.1 Å². The molecule has 4 atom stereocenters. The van der Waals surface area contributed by atoms with Gasteiger partial charge in [-0.25, -0.2) is 0 Å². The molecule has 1 aliphatic carbocycles. The van der Waals surface area contributed by atoms with E-state index in [1.165, 1.54) is 20.8 Å². The molecule has 0 aromatic rings. The summed E-state index contributed by atoms with van der Waals surface area (Å²) in [7, 11) is 0. The molecule has 0 spiro atoms. The fraction of sp³-hybridized carbons (Fsp3) is 0.792. The predicted octanol–water partition coefficient (Wildman–Crippen LogP) is 2.07. The van der Waals surface area contributed by atoms with Crippen molar-refractivity contribution in [2.75, 3.05) is 0 Å². The summed E-state index contributed by atoms with van der Waals surface area (Å²) in [5.41, 5.74) is -1.75. The molecule has 1 saturated heterocycles. The number of nitrogens with zero attached hydrogens (tertiary/aromatic N) is 1. The molecule has 2 fully saturated rings. The van der Waals surface area contributed by atoms with Crippen LogP contribution in [0.5, 0.6) is 0 Å². The Labute approximate surface area is 209 Å². The molecular formula is C24H36F3N5O4. The Kier molecular flexibility index (Phi) is 8.38. The monoisotopic (exact) mass is 515 g/mol. The molecule has 0 bridgehead atoms. The third-order valence-corrected chi connectivity index (χ3v) is 6.68. The number of halogens is 3. The van der Waals surface area contributed by atoms with E-state index < -0.39 is 58.9 Å². The highest BCUT2D eigenvalue weighted by atomic mass is 19.4. The molecule has 0 aromatic heterocycles. The Bertz CT molecular complexity index is 932. The number of alkyl halides is 3. The van der Waals surface area contributed by atoms with E-state index in [0.29, 0.717) is 6.42 Å². The maximum absolute atomic E-state index is 13.1. The molecule has 0 aromatic carbocycles. The highest BCUT2D eigenvalue weighted by Crippen LogP contribution is 2.49. The van der Waals surface area contributed by atoms with Gasteiger partial charge >= 0.3 is 12.1 Å². The lowest BCUT2D eigenvalue weighted by atomic mass is 9.85. The summed E-state index contributed by atoms with van der Waals surface area (Å²) in [6.07, 6.45) is -2.78. The van der Waals surface area contributed by atoms with E-state index in [0.717, 1.165) is 12.8 Å².